The Morgan fingerprint density at radius 2 is 2.22 bits per heavy atom. The average molecular weight is 126 g/mol. The first-order valence-electron chi connectivity index (χ1n) is 3.39. The van der Waals surface area contributed by atoms with Crippen molar-refractivity contribution in [1.82, 2.24) is 0 Å². The highest BCUT2D eigenvalue weighted by molar-refractivity contribution is 5.05. The van der Waals surface area contributed by atoms with Gasteiger partial charge in [-0.1, -0.05) is 13.0 Å². The van der Waals surface area contributed by atoms with Crippen LogP contribution in [-0.2, 0) is 0 Å². The van der Waals surface area contributed by atoms with Gasteiger partial charge in [0, 0.05) is 0 Å². The van der Waals surface area contributed by atoms with Crippen molar-refractivity contribution in [2.24, 2.45) is 29.2 Å². The molecule has 0 heterocycles. The number of hydrogen-bond acceptors (Lipinski definition) is 2. The van der Waals surface area contributed by atoms with Gasteiger partial charge in [0.15, 0.2) is 0 Å². The molecule has 1 rings (SSSR count). The molecule has 0 aromatic rings. The lowest BCUT2D eigenvalue weighted by Crippen LogP contribution is -2.02. The van der Waals surface area contributed by atoms with Crippen LogP contribution in [0.1, 0.15) is 6.92 Å². The molecule has 0 saturated heterocycles. The average Bonchev–Trinajstić information content (AvgIpc) is 2.44. The first kappa shape index (κ1) is 6.62. The summed E-state index contributed by atoms with van der Waals surface area (Å²) in [5.41, 5.74) is 10.7. The fourth-order valence-electron chi connectivity index (χ4n) is 1.40. The van der Waals surface area contributed by atoms with Gasteiger partial charge in [-0.15, -0.1) is 0 Å². The summed E-state index contributed by atoms with van der Waals surface area (Å²) >= 11 is 0. The molecule has 0 radical (unpaired) electrons. The van der Waals surface area contributed by atoms with Crippen LogP contribution in [0, 0.1) is 17.8 Å². The van der Waals surface area contributed by atoms with E-state index in [0.29, 0.717) is 11.8 Å². The molecule has 0 bridgehead atoms. The standard InChI is InChI=1S/C7H14N2/c1-5-6(2-3-8)7(5)4-9/h2-3,5-7H,4,8-9H2,1H3/b3-2-. The summed E-state index contributed by atoms with van der Waals surface area (Å²) < 4.78 is 0. The predicted octanol–water partition coefficient (Wildman–Crippen LogP) is 0.300. The molecule has 0 aliphatic heterocycles. The van der Waals surface area contributed by atoms with Crippen LogP contribution in [0.25, 0.3) is 0 Å². The maximum Gasteiger partial charge on any atom is -0.00403 e. The molecule has 1 aliphatic carbocycles. The van der Waals surface area contributed by atoms with Crippen molar-refractivity contribution in [3.8, 4) is 0 Å². The SMILES string of the molecule is CC1C(/C=C\N)C1CN. The minimum atomic E-state index is 0.667. The lowest BCUT2D eigenvalue weighted by molar-refractivity contribution is 0.756. The molecular formula is C7H14N2. The molecule has 9 heavy (non-hydrogen) atoms. The third kappa shape index (κ3) is 1.08. The molecule has 0 aromatic carbocycles. The predicted molar refractivity (Wildman–Crippen MR) is 38.5 cm³/mol. The van der Waals surface area contributed by atoms with Crippen LogP contribution in [0.3, 0.4) is 0 Å². The van der Waals surface area contributed by atoms with Gasteiger partial charge in [-0.05, 0) is 30.5 Å². The van der Waals surface area contributed by atoms with Crippen LogP contribution >= 0.6 is 0 Å². The van der Waals surface area contributed by atoms with E-state index in [-0.39, 0.29) is 0 Å². The molecule has 1 fully saturated rings. The van der Waals surface area contributed by atoms with Crippen LogP contribution < -0.4 is 11.5 Å². The molecule has 52 valence electrons. The fraction of sp³-hybridized carbons (Fsp3) is 0.714. The highest BCUT2D eigenvalue weighted by atomic mass is 14.6. The smallest absolute Gasteiger partial charge is 0.00403 e. The minimum Gasteiger partial charge on any atom is -0.405 e. The molecular weight excluding hydrogens is 112 g/mol. The summed E-state index contributed by atoms with van der Waals surface area (Å²) in [6.45, 7) is 3.01. The Hall–Kier alpha value is -0.500. The zero-order valence-electron chi connectivity index (χ0n) is 5.75. The van der Waals surface area contributed by atoms with Gasteiger partial charge in [-0.3, -0.25) is 0 Å². The number of allylic oxidation sites excluding steroid dienone is 1. The highest BCUT2D eigenvalue weighted by Gasteiger charge is 2.43. The Morgan fingerprint density at radius 1 is 1.56 bits per heavy atom. The molecule has 2 nitrogen and oxygen atoms in total. The van der Waals surface area contributed by atoms with Crippen LogP contribution in [0.5, 0.6) is 0 Å². The van der Waals surface area contributed by atoms with E-state index in [1.165, 1.54) is 0 Å². The molecule has 2 heteroatoms. The van der Waals surface area contributed by atoms with E-state index in [9.17, 15) is 0 Å². The van der Waals surface area contributed by atoms with Gasteiger partial charge in [-0.25, -0.2) is 0 Å². The van der Waals surface area contributed by atoms with Crippen molar-refractivity contribution in [2.45, 2.75) is 6.92 Å². The van der Waals surface area contributed by atoms with E-state index < -0.39 is 0 Å². The Kier molecular flexibility index (Phi) is 1.76. The maximum absolute atomic E-state index is 5.47. The Bertz CT molecular complexity index is 120. The first-order chi connectivity index (χ1) is 4.31. The van der Waals surface area contributed by atoms with Gasteiger partial charge in [0.1, 0.15) is 0 Å². The van der Waals surface area contributed by atoms with Crippen molar-refractivity contribution in [3.63, 3.8) is 0 Å². The van der Waals surface area contributed by atoms with Crippen LogP contribution in [0.2, 0.25) is 0 Å². The number of hydrogen-bond donors (Lipinski definition) is 2. The molecule has 0 amide bonds. The van der Waals surface area contributed by atoms with Crippen molar-refractivity contribution in [2.75, 3.05) is 6.54 Å². The summed E-state index contributed by atoms with van der Waals surface area (Å²) in [5, 5.41) is 0. The van der Waals surface area contributed by atoms with Gasteiger partial charge in [0.25, 0.3) is 0 Å². The second-order valence-corrected chi connectivity index (χ2v) is 2.72. The summed E-state index contributed by atoms with van der Waals surface area (Å²) in [6.07, 6.45) is 3.67. The Morgan fingerprint density at radius 3 is 2.56 bits per heavy atom. The fourth-order valence-corrected chi connectivity index (χ4v) is 1.40. The Balaban J connectivity index is 2.33. The van der Waals surface area contributed by atoms with Crippen molar-refractivity contribution in [1.29, 1.82) is 0 Å². The second kappa shape index (κ2) is 2.40. The van der Waals surface area contributed by atoms with Crippen LogP contribution in [0.4, 0.5) is 0 Å². The lowest BCUT2D eigenvalue weighted by Gasteiger charge is -1.83. The van der Waals surface area contributed by atoms with E-state index in [0.717, 1.165) is 12.5 Å². The maximum atomic E-state index is 5.47. The number of nitrogens with two attached hydrogens (primary N) is 2. The minimum absolute atomic E-state index is 0.667. The van der Waals surface area contributed by atoms with Crippen LogP contribution in [0.15, 0.2) is 12.3 Å². The summed E-state index contributed by atoms with van der Waals surface area (Å²) in [5.74, 6) is 2.12. The van der Waals surface area contributed by atoms with E-state index in [4.69, 9.17) is 11.5 Å². The summed E-state index contributed by atoms with van der Waals surface area (Å²) in [7, 11) is 0. The molecule has 4 N–H and O–H groups in total. The van der Waals surface area contributed by atoms with Gasteiger partial charge in [0.05, 0.1) is 0 Å². The highest BCUT2D eigenvalue weighted by Crippen LogP contribution is 2.45. The van der Waals surface area contributed by atoms with Gasteiger partial charge < -0.3 is 11.5 Å². The van der Waals surface area contributed by atoms with Gasteiger partial charge in [0.2, 0.25) is 0 Å². The zero-order valence-corrected chi connectivity index (χ0v) is 5.75. The van der Waals surface area contributed by atoms with E-state index in [1.54, 1.807) is 6.20 Å². The number of rotatable bonds is 2. The monoisotopic (exact) mass is 126 g/mol. The van der Waals surface area contributed by atoms with E-state index in [2.05, 4.69) is 6.92 Å². The molecule has 3 atom stereocenters. The van der Waals surface area contributed by atoms with Gasteiger partial charge >= 0.3 is 0 Å². The second-order valence-electron chi connectivity index (χ2n) is 2.72. The Labute approximate surface area is 55.9 Å². The van der Waals surface area contributed by atoms with Crippen molar-refractivity contribution in [3.05, 3.63) is 12.3 Å². The largest absolute Gasteiger partial charge is 0.405 e. The third-order valence-corrected chi connectivity index (χ3v) is 2.24. The normalized spacial score (nSPS) is 41.8. The molecule has 1 saturated carbocycles. The zero-order chi connectivity index (χ0) is 6.85. The quantitative estimate of drug-likeness (QED) is 0.559. The van der Waals surface area contributed by atoms with Crippen LogP contribution in [-0.4, -0.2) is 6.54 Å². The third-order valence-electron chi connectivity index (χ3n) is 2.24. The topological polar surface area (TPSA) is 52.0 Å². The summed E-state index contributed by atoms with van der Waals surface area (Å²) in [6, 6.07) is 0. The molecule has 3 unspecified atom stereocenters. The lowest BCUT2D eigenvalue weighted by atomic mass is 10.3. The first-order valence-corrected chi connectivity index (χ1v) is 3.39. The van der Waals surface area contributed by atoms with Crippen molar-refractivity contribution >= 4 is 0 Å². The molecule has 1 aliphatic rings. The molecule has 0 aromatic heterocycles. The molecule has 0 spiro atoms. The van der Waals surface area contributed by atoms with E-state index >= 15 is 0 Å². The van der Waals surface area contributed by atoms with Gasteiger partial charge in [-0.2, -0.15) is 0 Å². The van der Waals surface area contributed by atoms with Crippen molar-refractivity contribution < 1.29 is 0 Å². The van der Waals surface area contributed by atoms with E-state index in [1.807, 2.05) is 6.08 Å². The summed E-state index contributed by atoms with van der Waals surface area (Å²) in [4.78, 5) is 0.